The second-order valence-electron chi connectivity index (χ2n) is 7.38. The van der Waals surface area contributed by atoms with Crippen molar-refractivity contribution in [1.29, 1.82) is 0 Å². The molecule has 3 unspecified atom stereocenters. The molecule has 3 atom stereocenters. The number of alkyl halides is 3. The Morgan fingerprint density at radius 3 is 2.50 bits per heavy atom. The largest absolute Gasteiger partial charge is 0.523 e. The van der Waals surface area contributed by atoms with Crippen molar-refractivity contribution in [2.45, 2.75) is 54.2 Å². The molecule has 0 aromatic heterocycles. The molecule has 0 amide bonds. The summed E-state index contributed by atoms with van der Waals surface area (Å²) in [5.41, 5.74) is -6.31. The van der Waals surface area contributed by atoms with Gasteiger partial charge in [-0.3, -0.25) is 0 Å². The van der Waals surface area contributed by atoms with E-state index in [2.05, 4.69) is 0 Å². The summed E-state index contributed by atoms with van der Waals surface area (Å²) in [5, 5.41) is 1.47. The van der Waals surface area contributed by atoms with E-state index in [1.807, 2.05) is 18.2 Å². The fraction of sp³-hybridized carbons (Fsp3) is 0.500. The molecule has 0 spiro atoms. The van der Waals surface area contributed by atoms with Crippen LogP contribution in [0.5, 0.6) is 0 Å². The highest BCUT2D eigenvalue weighted by Crippen LogP contribution is 2.69. The van der Waals surface area contributed by atoms with Crippen LogP contribution in [0, 0.1) is 0 Å². The van der Waals surface area contributed by atoms with Gasteiger partial charge in [-0.05, 0) is 48.9 Å². The first kappa shape index (κ1) is 21.9. The summed E-state index contributed by atoms with van der Waals surface area (Å²) >= 11 is 0. The van der Waals surface area contributed by atoms with Crippen molar-refractivity contribution in [2.75, 3.05) is 12.4 Å². The molecule has 166 valence electrons. The Morgan fingerprint density at radius 1 is 1.00 bits per heavy atom. The second kappa shape index (κ2) is 8.31. The molecule has 5 nitrogen and oxygen atoms in total. The van der Waals surface area contributed by atoms with Gasteiger partial charge < -0.3 is 9.47 Å². The lowest BCUT2D eigenvalue weighted by Crippen LogP contribution is -2.34. The van der Waals surface area contributed by atoms with Crippen LogP contribution in [0.3, 0.4) is 0 Å². The molecule has 0 N–H and O–H groups in total. The topological polar surface area (TPSA) is 61.8 Å². The standard InChI is InChI=1S/C20H23F3O5S2/c21-20(22,23)30(24,25)28-29(17-10-5-8-15-7-1-2-9-16(15)17)14-6-12-19(29)27-18-11-3-4-13-26-18/h1-2,5,7-10,18-19H,3-4,6,11-14H2. The van der Waals surface area contributed by atoms with Crippen molar-refractivity contribution < 1.29 is 34.7 Å². The van der Waals surface area contributed by atoms with Crippen molar-refractivity contribution in [3.8, 4) is 0 Å². The molecule has 2 fully saturated rings. The molecule has 2 heterocycles. The molecule has 2 aromatic rings. The first-order chi connectivity index (χ1) is 14.2. The minimum atomic E-state index is -5.81. The van der Waals surface area contributed by atoms with E-state index in [0.29, 0.717) is 36.2 Å². The average Bonchev–Trinajstić information content (AvgIpc) is 3.10. The SMILES string of the molecule is O=S(=O)(OS1(c2cccc3ccccc23)CCCC1OC1CCCCO1)C(F)(F)F. The number of ether oxygens (including phenoxy) is 2. The smallest absolute Gasteiger partial charge is 0.353 e. The van der Waals surface area contributed by atoms with Gasteiger partial charge in [0.2, 0.25) is 0 Å². The third-order valence-electron chi connectivity index (χ3n) is 5.37. The molecule has 0 saturated carbocycles. The highest BCUT2D eigenvalue weighted by atomic mass is 32.3. The fourth-order valence-corrected chi connectivity index (χ4v) is 9.58. The van der Waals surface area contributed by atoms with E-state index in [1.54, 1.807) is 24.3 Å². The Bertz CT molecular complexity index is 1000. The van der Waals surface area contributed by atoms with Gasteiger partial charge in [0, 0.05) is 17.3 Å². The number of rotatable bonds is 5. The second-order valence-corrected chi connectivity index (χ2v) is 12.1. The minimum absolute atomic E-state index is 0.174. The van der Waals surface area contributed by atoms with Gasteiger partial charge in [0.05, 0.1) is 0 Å². The molecular formula is C20H23F3O5S2. The van der Waals surface area contributed by atoms with Crippen LogP contribution in [0.15, 0.2) is 47.4 Å². The lowest BCUT2D eigenvalue weighted by molar-refractivity contribution is -0.171. The molecular weight excluding hydrogens is 441 g/mol. The Hall–Kier alpha value is -1.33. The van der Waals surface area contributed by atoms with Crippen LogP contribution in [-0.2, 0) is 23.2 Å². The van der Waals surface area contributed by atoms with E-state index in [9.17, 15) is 21.6 Å². The van der Waals surface area contributed by atoms with Gasteiger partial charge in [-0.1, -0.05) is 46.7 Å². The first-order valence-electron chi connectivity index (χ1n) is 9.80. The number of hydrogen-bond donors (Lipinski definition) is 0. The lowest BCUT2D eigenvalue weighted by atomic mass is 10.1. The predicted octanol–water partition coefficient (Wildman–Crippen LogP) is 5.45. The Kier molecular flexibility index (Phi) is 6.06. The highest BCUT2D eigenvalue weighted by molar-refractivity contribution is 8.33. The van der Waals surface area contributed by atoms with Crippen LogP contribution in [0.4, 0.5) is 13.2 Å². The minimum Gasteiger partial charge on any atom is -0.353 e. The van der Waals surface area contributed by atoms with Crippen molar-refractivity contribution >= 4 is 31.2 Å². The molecule has 0 radical (unpaired) electrons. The van der Waals surface area contributed by atoms with Gasteiger partial charge in [-0.15, -0.1) is 0 Å². The molecule has 0 aliphatic carbocycles. The maximum atomic E-state index is 13.3. The molecule has 0 bridgehead atoms. The number of fused-ring (bicyclic) bond motifs is 1. The molecule has 2 aromatic carbocycles. The van der Waals surface area contributed by atoms with Crippen LogP contribution in [0.2, 0.25) is 0 Å². The Balaban J connectivity index is 1.82. The summed E-state index contributed by atoms with van der Waals surface area (Å²) in [6.07, 6.45) is 2.74. The van der Waals surface area contributed by atoms with Crippen molar-refractivity contribution in [2.24, 2.45) is 0 Å². The predicted molar refractivity (Wildman–Crippen MR) is 108 cm³/mol. The Labute approximate surface area is 175 Å². The molecule has 10 heteroatoms. The van der Waals surface area contributed by atoms with Gasteiger partial charge in [0.1, 0.15) is 5.44 Å². The normalized spacial score (nSPS) is 30.2. The Morgan fingerprint density at radius 2 is 1.77 bits per heavy atom. The van der Waals surface area contributed by atoms with Crippen molar-refractivity contribution in [3.63, 3.8) is 0 Å². The summed E-state index contributed by atoms with van der Waals surface area (Å²) in [7, 11) is -8.77. The van der Waals surface area contributed by atoms with E-state index in [1.165, 1.54) is 0 Å². The van der Waals surface area contributed by atoms with E-state index in [0.717, 1.165) is 18.2 Å². The van der Waals surface area contributed by atoms with Gasteiger partial charge in [0.25, 0.3) is 0 Å². The maximum absolute atomic E-state index is 13.3. The summed E-state index contributed by atoms with van der Waals surface area (Å²) in [6.45, 7) is 0.510. The van der Waals surface area contributed by atoms with E-state index < -0.39 is 37.7 Å². The zero-order chi connectivity index (χ0) is 21.4. The van der Waals surface area contributed by atoms with Gasteiger partial charge >= 0.3 is 15.6 Å². The quantitative estimate of drug-likeness (QED) is 0.551. The van der Waals surface area contributed by atoms with E-state index >= 15 is 0 Å². The zero-order valence-electron chi connectivity index (χ0n) is 16.1. The molecule has 2 saturated heterocycles. The lowest BCUT2D eigenvalue weighted by Gasteiger charge is -2.42. The third kappa shape index (κ3) is 4.08. The van der Waals surface area contributed by atoms with Crippen molar-refractivity contribution in [1.82, 2.24) is 0 Å². The summed E-state index contributed by atoms with van der Waals surface area (Å²) < 4.78 is 81.1. The maximum Gasteiger partial charge on any atom is 0.523 e. The summed E-state index contributed by atoms with van der Waals surface area (Å²) in [5.74, 6) is 0.174. The van der Waals surface area contributed by atoms with Crippen LogP contribution < -0.4 is 0 Å². The van der Waals surface area contributed by atoms with Crippen LogP contribution >= 0.6 is 10.3 Å². The zero-order valence-corrected chi connectivity index (χ0v) is 17.8. The van der Waals surface area contributed by atoms with E-state index in [4.69, 9.17) is 13.1 Å². The average molecular weight is 465 g/mol. The van der Waals surface area contributed by atoms with Crippen LogP contribution in [0.25, 0.3) is 10.8 Å². The summed E-state index contributed by atoms with van der Waals surface area (Å²) in [6, 6.07) is 12.4. The van der Waals surface area contributed by atoms with Gasteiger partial charge in [-0.25, -0.2) is 3.63 Å². The van der Waals surface area contributed by atoms with Crippen molar-refractivity contribution in [3.05, 3.63) is 42.5 Å². The molecule has 2 aliphatic rings. The highest BCUT2D eigenvalue weighted by Gasteiger charge is 2.55. The van der Waals surface area contributed by atoms with Crippen LogP contribution in [0.1, 0.15) is 32.1 Å². The summed E-state index contributed by atoms with van der Waals surface area (Å²) in [4.78, 5) is 0.465. The number of benzene rings is 2. The third-order valence-corrected chi connectivity index (χ3v) is 10.8. The number of halogens is 3. The molecule has 4 rings (SSSR count). The van der Waals surface area contributed by atoms with E-state index in [-0.39, 0.29) is 5.75 Å². The molecule has 30 heavy (non-hydrogen) atoms. The van der Waals surface area contributed by atoms with Gasteiger partial charge in [0.15, 0.2) is 6.29 Å². The first-order valence-corrected chi connectivity index (χ1v) is 13.0. The van der Waals surface area contributed by atoms with Crippen LogP contribution in [-0.4, -0.2) is 38.0 Å². The number of hydrogen-bond acceptors (Lipinski definition) is 5. The molecule has 2 aliphatic heterocycles. The monoisotopic (exact) mass is 464 g/mol. The fourth-order valence-electron chi connectivity index (χ4n) is 3.99. The van der Waals surface area contributed by atoms with Gasteiger partial charge in [-0.2, -0.15) is 21.6 Å².